The van der Waals surface area contributed by atoms with E-state index in [9.17, 15) is 14.4 Å². The van der Waals surface area contributed by atoms with Gasteiger partial charge < -0.3 is 10.1 Å². The van der Waals surface area contributed by atoms with Gasteiger partial charge in [-0.1, -0.05) is 13.8 Å². The Morgan fingerprint density at radius 1 is 1.26 bits per heavy atom. The molecular formula is C17H24N6O4. The molecule has 0 aliphatic rings. The first kappa shape index (κ1) is 20.3. The number of rotatable bonds is 7. The minimum atomic E-state index is -0.691. The summed E-state index contributed by atoms with van der Waals surface area (Å²) in [5.74, 6) is -0.397. The van der Waals surface area contributed by atoms with E-state index in [0.29, 0.717) is 29.5 Å². The third kappa shape index (κ3) is 5.73. The zero-order valence-corrected chi connectivity index (χ0v) is 15.9. The summed E-state index contributed by atoms with van der Waals surface area (Å²) in [5, 5.41) is 8.73. The second-order valence-electron chi connectivity index (χ2n) is 6.56. The first-order chi connectivity index (χ1) is 12.8. The number of aromatic nitrogens is 4. The van der Waals surface area contributed by atoms with Gasteiger partial charge in [0, 0.05) is 23.5 Å². The van der Waals surface area contributed by atoms with E-state index in [-0.39, 0.29) is 6.42 Å². The van der Waals surface area contributed by atoms with Gasteiger partial charge in [-0.25, -0.2) is 14.3 Å². The molecule has 0 atom stereocenters. The highest BCUT2D eigenvalue weighted by Gasteiger charge is 2.16. The molecule has 2 N–H and O–H groups in total. The quantitative estimate of drug-likeness (QED) is 0.681. The molecule has 10 nitrogen and oxygen atoms in total. The van der Waals surface area contributed by atoms with Crippen molar-refractivity contribution >= 4 is 23.7 Å². The van der Waals surface area contributed by atoms with Gasteiger partial charge in [-0.15, -0.1) is 0 Å². The topological polar surface area (TPSA) is 128 Å². The first-order valence-corrected chi connectivity index (χ1v) is 8.67. The van der Waals surface area contributed by atoms with Crippen molar-refractivity contribution in [2.24, 2.45) is 5.92 Å². The van der Waals surface area contributed by atoms with Crippen LogP contribution in [0.3, 0.4) is 0 Å². The summed E-state index contributed by atoms with van der Waals surface area (Å²) in [4.78, 5) is 43.6. The van der Waals surface area contributed by atoms with E-state index >= 15 is 0 Å². The van der Waals surface area contributed by atoms with E-state index in [0.717, 1.165) is 12.1 Å². The number of hydrogen-bond donors (Lipinski definition) is 2. The molecule has 0 saturated heterocycles. The van der Waals surface area contributed by atoms with Crippen molar-refractivity contribution in [3.05, 3.63) is 23.3 Å². The van der Waals surface area contributed by atoms with Gasteiger partial charge in [0.1, 0.15) is 6.33 Å². The number of fused-ring (bicyclic) bond motifs is 1. The molecule has 0 bridgehead atoms. The maximum absolute atomic E-state index is 12.1. The Bertz CT molecular complexity index is 845. The lowest BCUT2D eigenvalue weighted by Crippen LogP contribution is -2.42. The summed E-state index contributed by atoms with van der Waals surface area (Å²) in [5.41, 5.74) is 2.02. The fourth-order valence-corrected chi connectivity index (χ4v) is 2.43. The maximum atomic E-state index is 12.1. The normalized spacial score (nSPS) is 10.9. The van der Waals surface area contributed by atoms with Crippen LogP contribution in [0.25, 0.3) is 5.78 Å². The molecule has 10 heteroatoms. The molecule has 27 heavy (non-hydrogen) atoms. The highest BCUT2D eigenvalue weighted by molar-refractivity contribution is 5.95. The SMILES string of the molecule is Cc1nc2ncnn2c(C)c1CC(=O)OCC(=O)NC(=O)NCCC(C)C. The Hall–Kier alpha value is -3.04. The number of esters is 1. The molecule has 0 spiro atoms. The van der Waals surface area contributed by atoms with Gasteiger partial charge in [0.25, 0.3) is 11.7 Å². The Morgan fingerprint density at radius 3 is 2.70 bits per heavy atom. The van der Waals surface area contributed by atoms with E-state index in [4.69, 9.17) is 4.74 Å². The number of amides is 3. The highest BCUT2D eigenvalue weighted by Crippen LogP contribution is 2.14. The molecular weight excluding hydrogens is 352 g/mol. The Morgan fingerprint density at radius 2 is 2.00 bits per heavy atom. The molecule has 2 rings (SSSR count). The van der Waals surface area contributed by atoms with Gasteiger partial charge in [0.05, 0.1) is 6.42 Å². The predicted octanol–water partition coefficient (Wildman–Crippen LogP) is 0.699. The molecule has 0 aliphatic carbocycles. The van der Waals surface area contributed by atoms with Crippen LogP contribution in [0.4, 0.5) is 4.79 Å². The smallest absolute Gasteiger partial charge is 0.321 e. The maximum Gasteiger partial charge on any atom is 0.321 e. The van der Waals surface area contributed by atoms with E-state index in [2.05, 4.69) is 25.7 Å². The summed E-state index contributed by atoms with van der Waals surface area (Å²) < 4.78 is 6.48. The van der Waals surface area contributed by atoms with Crippen LogP contribution in [0, 0.1) is 19.8 Å². The van der Waals surface area contributed by atoms with E-state index in [1.165, 1.54) is 10.8 Å². The lowest BCUT2D eigenvalue weighted by molar-refractivity contribution is -0.147. The molecule has 0 radical (unpaired) electrons. The highest BCUT2D eigenvalue weighted by atomic mass is 16.5. The molecule has 2 aromatic rings. The van der Waals surface area contributed by atoms with Gasteiger partial charge in [0.15, 0.2) is 6.61 Å². The minimum absolute atomic E-state index is 0.0612. The van der Waals surface area contributed by atoms with Crippen LogP contribution in [0.5, 0.6) is 0 Å². The van der Waals surface area contributed by atoms with Gasteiger partial charge in [0.2, 0.25) is 0 Å². The van der Waals surface area contributed by atoms with Crippen LogP contribution in [-0.4, -0.2) is 50.6 Å². The number of carbonyl (C=O) groups excluding carboxylic acids is 3. The van der Waals surface area contributed by atoms with Crippen LogP contribution >= 0.6 is 0 Å². The molecule has 146 valence electrons. The second-order valence-corrected chi connectivity index (χ2v) is 6.56. The van der Waals surface area contributed by atoms with E-state index in [1.807, 2.05) is 13.8 Å². The number of hydrogen-bond acceptors (Lipinski definition) is 7. The van der Waals surface area contributed by atoms with Gasteiger partial charge >= 0.3 is 12.0 Å². The van der Waals surface area contributed by atoms with Crippen molar-refractivity contribution < 1.29 is 19.1 Å². The number of aryl methyl sites for hydroxylation is 2. The standard InChI is InChI=1S/C17H24N6O4/c1-10(2)5-6-18-17(26)22-14(24)8-27-15(25)7-13-11(3)21-16-19-9-20-23(16)12(13)4/h9-10H,5-8H2,1-4H3,(H2,18,22,24,26). The van der Waals surface area contributed by atoms with Crippen molar-refractivity contribution in [2.75, 3.05) is 13.2 Å². The van der Waals surface area contributed by atoms with Gasteiger partial charge in [-0.2, -0.15) is 10.1 Å². The first-order valence-electron chi connectivity index (χ1n) is 8.67. The Balaban J connectivity index is 1.82. The van der Waals surface area contributed by atoms with Crippen LogP contribution in [-0.2, 0) is 20.7 Å². The molecule has 3 amide bonds. The van der Waals surface area contributed by atoms with Crippen LogP contribution in [0.1, 0.15) is 37.2 Å². The van der Waals surface area contributed by atoms with Crippen molar-refractivity contribution in [2.45, 2.75) is 40.5 Å². The summed E-state index contributed by atoms with van der Waals surface area (Å²) in [6, 6.07) is -0.607. The molecule has 0 aliphatic heterocycles. The third-order valence-corrected chi connectivity index (χ3v) is 3.93. The van der Waals surface area contributed by atoms with Crippen molar-refractivity contribution in [1.29, 1.82) is 0 Å². The Kier molecular flexibility index (Phi) is 6.80. The van der Waals surface area contributed by atoms with Crippen molar-refractivity contribution in [3.63, 3.8) is 0 Å². The van der Waals surface area contributed by atoms with Gasteiger partial charge in [-0.05, 0) is 26.2 Å². The van der Waals surface area contributed by atoms with Gasteiger partial charge in [-0.3, -0.25) is 14.9 Å². The summed E-state index contributed by atoms with van der Waals surface area (Å²) in [6.07, 6.45) is 2.13. The largest absolute Gasteiger partial charge is 0.455 e. The third-order valence-electron chi connectivity index (χ3n) is 3.93. The lowest BCUT2D eigenvalue weighted by atomic mass is 10.1. The number of nitrogens with one attached hydrogen (secondary N) is 2. The number of imide groups is 1. The summed E-state index contributed by atoms with van der Waals surface area (Å²) in [7, 11) is 0. The predicted molar refractivity (Wildman–Crippen MR) is 95.9 cm³/mol. The minimum Gasteiger partial charge on any atom is -0.455 e. The Labute approximate surface area is 156 Å². The molecule has 0 fully saturated rings. The van der Waals surface area contributed by atoms with E-state index < -0.39 is 24.5 Å². The monoisotopic (exact) mass is 376 g/mol. The zero-order valence-electron chi connectivity index (χ0n) is 15.9. The number of ether oxygens (including phenoxy) is 1. The fourth-order valence-electron chi connectivity index (χ4n) is 2.43. The van der Waals surface area contributed by atoms with Crippen LogP contribution < -0.4 is 10.6 Å². The molecule has 0 saturated carbocycles. The van der Waals surface area contributed by atoms with E-state index in [1.54, 1.807) is 13.8 Å². The van der Waals surface area contributed by atoms with Crippen molar-refractivity contribution in [1.82, 2.24) is 30.2 Å². The zero-order chi connectivity index (χ0) is 20.0. The fraction of sp³-hybridized carbons (Fsp3) is 0.529. The summed E-state index contributed by atoms with van der Waals surface area (Å²) >= 11 is 0. The average Bonchev–Trinajstić information content (AvgIpc) is 3.04. The number of nitrogens with zero attached hydrogens (tertiary/aromatic N) is 4. The second kappa shape index (κ2) is 9.06. The molecule has 0 unspecified atom stereocenters. The molecule has 0 aromatic carbocycles. The summed E-state index contributed by atoms with van der Waals surface area (Å²) in [6.45, 7) is 7.56. The number of carbonyl (C=O) groups is 3. The van der Waals surface area contributed by atoms with Crippen molar-refractivity contribution in [3.8, 4) is 0 Å². The lowest BCUT2D eigenvalue weighted by Gasteiger charge is -2.11. The van der Waals surface area contributed by atoms with Crippen LogP contribution in [0.2, 0.25) is 0 Å². The molecule has 2 heterocycles. The molecule has 2 aromatic heterocycles. The van der Waals surface area contributed by atoms with Crippen LogP contribution in [0.15, 0.2) is 6.33 Å². The average molecular weight is 376 g/mol. The number of urea groups is 1.